The Bertz CT molecular complexity index is 219. The molecule has 0 heterocycles. The monoisotopic (exact) mass is 369 g/mol. The van der Waals surface area contributed by atoms with Crippen molar-refractivity contribution < 1.29 is 34.1 Å². The van der Waals surface area contributed by atoms with Crippen molar-refractivity contribution in [1.82, 2.24) is 0 Å². The van der Waals surface area contributed by atoms with E-state index < -0.39 is 0 Å². The topological polar surface area (TPSA) is 33.7 Å². The van der Waals surface area contributed by atoms with E-state index in [1.807, 2.05) is 5.32 Å². The van der Waals surface area contributed by atoms with Crippen LogP contribution in [-0.4, -0.2) is 12.5 Å². The number of quaternary nitrogens is 1. The minimum absolute atomic E-state index is 0. The van der Waals surface area contributed by atoms with Gasteiger partial charge in [0.05, 0.1) is 12.5 Å². The standard InChI is InChI=1S/C15H31NO.HI/c1-7-10-16-15(17)14(6)13(5)12(4)9-8-11(2)3;/h11-14H,7-10H2,1-6H3,(H,16,17);1H. The van der Waals surface area contributed by atoms with E-state index in [0.717, 1.165) is 18.9 Å². The first-order chi connectivity index (χ1) is 7.90. The van der Waals surface area contributed by atoms with E-state index in [4.69, 9.17) is 0 Å². The number of rotatable bonds is 8. The predicted octanol–water partition coefficient (Wildman–Crippen LogP) is -0.165. The molecular formula is C15H32INO. The summed E-state index contributed by atoms with van der Waals surface area (Å²) >= 11 is 0. The second kappa shape index (κ2) is 11.2. The van der Waals surface area contributed by atoms with Crippen molar-refractivity contribution in [3.8, 4) is 0 Å². The number of carbonyl (C=O) groups is 1. The Morgan fingerprint density at radius 3 is 2.06 bits per heavy atom. The molecule has 3 unspecified atom stereocenters. The molecule has 0 radical (unpaired) electrons. The third-order valence-electron chi connectivity index (χ3n) is 3.97. The number of nitrogens with two attached hydrogens (primary N) is 1. The molecule has 2 N–H and O–H groups in total. The Morgan fingerprint density at radius 1 is 1.06 bits per heavy atom. The minimum Gasteiger partial charge on any atom is -1.00 e. The van der Waals surface area contributed by atoms with Crippen molar-refractivity contribution >= 4 is 5.91 Å². The molecule has 0 fully saturated rings. The molecule has 0 aliphatic heterocycles. The zero-order valence-electron chi connectivity index (χ0n) is 13.0. The summed E-state index contributed by atoms with van der Waals surface area (Å²) in [5.41, 5.74) is 0. The maximum atomic E-state index is 11.9. The summed E-state index contributed by atoms with van der Waals surface area (Å²) in [5.74, 6) is 2.43. The molecule has 0 aliphatic carbocycles. The molecule has 0 aliphatic rings. The number of hydrogen-bond donors (Lipinski definition) is 1. The van der Waals surface area contributed by atoms with Crippen molar-refractivity contribution in [2.45, 2.75) is 60.8 Å². The van der Waals surface area contributed by atoms with Crippen LogP contribution < -0.4 is 29.3 Å². The van der Waals surface area contributed by atoms with Crippen LogP contribution in [-0.2, 0) is 4.79 Å². The van der Waals surface area contributed by atoms with Crippen LogP contribution in [0.5, 0.6) is 0 Å². The van der Waals surface area contributed by atoms with Crippen LogP contribution in [0.15, 0.2) is 0 Å². The molecule has 110 valence electrons. The summed E-state index contributed by atoms with van der Waals surface area (Å²) in [6.07, 6.45) is 3.57. The van der Waals surface area contributed by atoms with Crippen LogP contribution in [0.1, 0.15) is 60.8 Å². The van der Waals surface area contributed by atoms with Crippen molar-refractivity contribution in [1.29, 1.82) is 0 Å². The summed E-state index contributed by atoms with van der Waals surface area (Å²) < 4.78 is 0. The molecule has 18 heavy (non-hydrogen) atoms. The van der Waals surface area contributed by atoms with E-state index in [-0.39, 0.29) is 29.9 Å². The summed E-state index contributed by atoms with van der Waals surface area (Å²) in [4.78, 5) is 11.9. The minimum atomic E-state index is 0. The zero-order chi connectivity index (χ0) is 13.4. The molecule has 3 atom stereocenters. The number of hydrogen-bond acceptors (Lipinski definition) is 1. The van der Waals surface area contributed by atoms with Gasteiger partial charge < -0.3 is 24.0 Å². The van der Waals surface area contributed by atoms with Gasteiger partial charge in [-0.3, -0.25) is 5.32 Å². The lowest BCUT2D eigenvalue weighted by Gasteiger charge is -2.24. The van der Waals surface area contributed by atoms with Gasteiger partial charge in [0.25, 0.3) is 0 Å². The van der Waals surface area contributed by atoms with E-state index in [1.54, 1.807) is 0 Å². The Kier molecular flexibility index (Phi) is 12.9. The Hall–Kier alpha value is 0.360. The van der Waals surface area contributed by atoms with E-state index in [1.165, 1.54) is 12.8 Å². The molecule has 0 saturated heterocycles. The van der Waals surface area contributed by atoms with E-state index in [0.29, 0.717) is 17.7 Å². The molecule has 1 amide bonds. The summed E-state index contributed by atoms with van der Waals surface area (Å²) in [6.45, 7) is 14.2. The van der Waals surface area contributed by atoms with Gasteiger partial charge in [0.2, 0.25) is 0 Å². The van der Waals surface area contributed by atoms with Crippen LogP contribution in [0.3, 0.4) is 0 Å². The normalized spacial score (nSPS) is 15.9. The second-order valence-corrected chi connectivity index (χ2v) is 5.99. The fourth-order valence-corrected chi connectivity index (χ4v) is 2.08. The van der Waals surface area contributed by atoms with Crippen molar-refractivity contribution in [2.24, 2.45) is 23.7 Å². The van der Waals surface area contributed by atoms with Gasteiger partial charge in [0.1, 0.15) is 0 Å². The number of carbonyl (C=O) groups excluding carboxylic acids is 1. The third kappa shape index (κ3) is 8.46. The quantitative estimate of drug-likeness (QED) is 0.593. The predicted molar refractivity (Wildman–Crippen MR) is 73.7 cm³/mol. The summed E-state index contributed by atoms with van der Waals surface area (Å²) in [7, 11) is 0. The Labute approximate surface area is 131 Å². The number of primary amides is 1. The molecule has 3 heteroatoms. The van der Waals surface area contributed by atoms with Gasteiger partial charge in [-0.05, 0) is 31.1 Å². The highest BCUT2D eigenvalue weighted by atomic mass is 127. The highest BCUT2D eigenvalue weighted by Gasteiger charge is 2.27. The lowest BCUT2D eigenvalue weighted by atomic mass is 9.81. The molecular weight excluding hydrogens is 337 g/mol. The fraction of sp³-hybridized carbons (Fsp3) is 0.933. The van der Waals surface area contributed by atoms with Gasteiger partial charge in [-0.2, -0.15) is 0 Å². The number of halogens is 1. The molecule has 0 saturated carbocycles. The fourth-order valence-electron chi connectivity index (χ4n) is 2.08. The largest absolute Gasteiger partial charge is 1.00 e. The highest BCUT2D eigenvalue weighted by molar-refractivity contribution is 5.68. The molecule has 0 bridgehead atoms. The van der Waals surface area contributed by atoms with Crippen molar-refractivity contribution in [3.05, 3.63) is 0 Å². The van der Waals surface area contributed by atoms with Gasteiger partial charge in [0, 0.05) is 0 Å². The van der Waals surface area contributed by atoms with Crippen LogP contribution in [0, 0.1) is 23.7 Å². The highest BCUT2D eigenvalue weighted by Crippen LogP contribution is 2.25. The first-order valence-corrected chi connectivity index (χ1v) is 7.27. The lowest BCUT2D eigenvalue weighted by Crippen LogP contribution is -3.00. The van der Waals surface area contributed by atoms with E-state index in [9.17, 15) is 4.79 Å². The SMILES string of the molecule is CCC[NH2+]C(=O)C(C)C(C)C(C)CCC(C)C.[I-]. The third-order valence-corrected chi connectivity index (χ3v) is 3.97. The zero-order valence-corrected chi connectivity index (χ0v) is 15.2. The van der Waals surface area contributed by atoms with Crippen molar-refractivity contribution in [2.75, 3.05) is 6.54 Å². The van der Waals surface area contributed by atoms with Crippen LogP contribution in [0.4, 0.5) is 0 Å². The van der Waals surface area contributed by atoms with E-state index in [2.05, 4.69) is 41.5 Å². The average Bonchev–Trinajstić information content (AvgIpc) is 2.30. The molecule has 0 aromatic rings. The van der Waals surface area contributed by atoms with Gasteiger partial charge in [-0.1, -0.05) is 47.5 Å². The molecule has 0 aromatic carbocycles. The Balaban J connectivity index is 0. The maximum absolute atomic E-state index is 11.9. The summed E-state index contributed by atoms with van der Waals surface area (Å²) in [5, 5.41) is 1.89. The number of amides is 1. The van der Waals surface area contributed by atoms with Gasteiger partial charge in [-0.25, -0.2) is 4.79 Å². The first kappa shape index (κ1) is 20.7. The van der Waals surface area contributed by atoms with Gasteiger partial charge in [0.15, 0.2) is 0 Å². The van der Waals surface area contributed by atoms with Crippen LogP contribution in [0.25, 0.3) is 0 Å². The molecule has 0 rings (SSSR count). The van der Waals surface area contributed by atoms with Crippen LogP contribution >= 0.6 is 0 Å². The molecule has 0 spiro atoms. The molecule has 0 aromatic heterocycles. The second-order valence-electron chi connectivity index (χ2n) is 5.99. The van der Waals surface area contributed by atoms with Crippen LogP contribution in [0.2, 0.25) is 0 Å². The molecule has 2 nitrogen and oxygen atoms in total. The first-order valence-electron chi connectivity index (χ1n) is 7.27. The van der Waals surface area contributed by atoms with E-state index >= 15 is 0 Å². The van der Waals surface area contributed by atoms with Crippen molar-refractivity contribution in [3.63, 3.8) is 0 Å². The lowest BCUT2D eigenvalue weighted by molar-refractivity contribution is -0.572. The average molecular weight is 369 g/mol. The smallest absolute Gasteiger partial charge is 0.313 e. The summed E-state index contributed by atoms with van der Waals surface area (Å²) in [6, 6.07) is 0. The van der Waals surface area contributed by atoms with Gasteiger partial charge >= 0.3 is 5.91 Å². The maximum Gasteiger partial charge on any atom is 0.313 e. The Morgan fingerprint density at radius 2 is 1.61 bits per heavy atom. The van der Waals surface area contributed by atoms with Gasteiger partial charge in [-0.15, -0.1) is 0 Å².